The molecule has 0 saturated heterocycles. The van der Waals surface area contributed by atoms with Crippen molar-refractivity contribution >= 4 is 0 Å². The number of hydrogen-bond donors (Lipinski definition) is 0. The van der Waals surface area contributed by atoms with Crippen molar-refractivity contribution in [2.45, 2.75) is 118 Å². The summed E-state index contributed by atoms with van der Waals surface area (Å²) in [7, 11) is 1.82. The van der Waals surface area contributed by atoms with Crippen molar-refractivity contribution in [3.63, 3.8) is 0 Å². The van der Waals surface area contributed by atoms with Gasteiger partial charge in [0, 0.05) is 12.5 Å². The van der Waals surface area contributed by atoms with Crippen LogP contribution in [0.2, 0.25) is 0 Å². The highest BCUT2D eigenvalue weighted by molar-refractivity contribution is 4.83. The molecule has 3 unspecified atom stereocenters. The highest BCUT2D eigenvalue weighted by Crippen LogP contribution is 2.33. The van der Waals surface area contributed by atoms with Crippen LogP contribution in [-0.2, 0) is 14.2 Å². The highest BCUT2D eigenvalue weighted by Gasteiger charge is 2.35. The van der Waals surface area contributed by atoms with Gasteiger partial charge < -0.3 is 14.2 Å². The summed E-state index contributed by atoms with van der Waals surface area (Å²) in [6.45, 7) is 15.8. The molecule has 0 amide bonds. The molecule has 0 aliphatic rings. The molecule has 164 valence electrons. The topological polar surface area (TPSA) is 27.7 Å². The molecule has 3 atom stereocenters. The van der Waals surface area contributed by atoms with Gasteiger partial charge >= 0.3 is 0 Å². The third-order valence-corrected chi connectivity index (χ3v) is 5.83. The largest absolute Gasteiger partial charge is 0.384 e. The lowest BCUT2D eigenvalue weighted by molar-refractivity contribution is -0.108. The quantitative estimate of drug-likeness (QED) is 0.238. The van der Waals surface area contributed by atoms with Gasteiger partial charge in [-0.15, -0.1) is 0 Å². The molecule has 0 spiro atoms. The van der Waals surface area contributed by atoms with E-state index in [2.05, 4.69) is 41.5 Å². The van der Waals surface area contributed by atoms with Crippen LogP contribution in [0.15, 0.2) is 0 Å². The molecular formula is C24H50O3. The minimum atomic E-state index is -0.0348. The lowest BCUT2D eigenvalue weighted by Gasteiger charge is -2.38. The van der Waals surface area contributed by atoms with Gasteiger partial charge in [0.1, 0.15) is 0 Å². The van der Waals surface area contributed by atoms with E-state index in [4.69, 9.17) is 14.2 Å². The molecule has 0 heterocycles. The Morgan fingerprint density at radius 1 is 0.630 bits per heavy atom. The standard InChI is InChI=1S/C24H50O3/c1-8-14-21(11-4)17-24(18-25-7,19-26-22(12-5)15-9-2)20-27-23(13-6)16-10-3/h21-23H,8-20H2,1-7H3. The van der Waals surface area contributed by atoms with Crippen LogP contribution >= 0.6 is 0 Å². The molecule has 0 aromatic heterocycles. The molecular weight excluding hydrogens is 336 g/mol. The molecule has 3 nitrogen and oxygen atoms in total. The Morgan fingerprint density at radius 2 is 1.11 bits per heavy atom. The Labute approximate surface area is 170 Å². The van der Waals surface area contributed by atoms with E-state index in [9.17, 15) is 0 Å². The predicted molar refractivity (Wildman–Crippen MR) is 117 cm³/mol. The second-order valence-electron chi connectivity index (χ2n) is 8.46. The number of rotatable bonds is 19. The molecule has 0 aromatic rings. The van der Waals surface area contributed by atoms with Gasteiger partial charge in [0.2, 0.25) is 0 Å². The zero-order valence-corrected chi connectivity index (χ0v) is 19.6. The van der Waals surface area contributed by atoms with Gasteiger partial charge in [-0.2, -0.15) is 0 Å². The summed E-state index contributed by atoms with van der Waals surface area (Å²) in [6, 6.07) is 0. The Morgan fingerprint density at radius 3 is 1.44 bits per heavy atom. The van der Waals surface area contributed by atoms with E-state index in [0.717, 1.165) is 57.8 Å². The summed E-state index contributed by atoms with van der Waals surface area (Å²) < 4.78 is 18.6. The first kappa shape index (κ1) is 26.9. The summed E-state index contributed by atoms with van der Waals surface area (Å²) >= 11 is 0. The Kier molecular flexibility index (Phi) is 16.7. The Balaban J connectivity index is 5.26. The summed E-state index contributed by atoms with van der Waals surface area (Å²) in [6.07, 6.45) is 12.4. The zero-order valence-electron chi connectivity index (χ0n) is 19.6. The fourth-order valence-corrected chi connectivity index (χ4v) is 4.12. The van der Waals surface area contributed by atoms with Gasteiger partial charge in [-0.25, -0.2) is 0 Å². The van der Waals surface area contributed by atoms with Crippen molar-refractivity contribution < 1.29 is 14.2 Å². The van der Waals surface area contributed by atoms with Crippen molar-refractivity contribution in [2.75, 3.05) is 26.9 Å². The Bertz CT molecular complexity index is 301. The minimum absolute atomic E-state index is 0.0348. The normalized spacial score (nSPS) is 17.4. The third kappa shape index (κ3) is 11.5. The van der Waals surface area contributed by atoms with Crippen molar-refractivity contribution in [3.05, 3.63) is 0 Å². The number of methoxy groups -OCH3 is 1. The smallest absolute Gasteiger partial charge is 0.0572 e. The predicted octanol–water partition coefficient (Wildman–Crippen LogP) is 7.03. The minimum Gasteiger partial charge on any atom is -0.384 e. The maximum absolute atomic E-state index is 6.44. The maximum Gasteiger partial charge on any atom is 0.0572 e. The molecule has 27 heavy (non-hydrogen) atoms. The van der Waals surface area contributed by atoms with E-state index in [1.807, 2.05) is 7.11 Å². The maximum atomic E-state index is 6.44. The molecule has 0 saturated carbocycles. The van der Waals surface area contributed by atoms with Crippen molar-refractivity contribution in [2.24, 2.45) is 11.3 Å². The summed E-state index contributed by atoms with van der Waals surface area (Å²) in [4.78, 5) is 0. The molecule has 0 aliphatic heterocycles. The molecule has 3 heteroatoms. The summed E-state index contributed by atoms with van der Waals surface area (Å²) in [5.74, 6) is 0.717. The molecule has 0 aliphatic carbocycles. The van der Waals surface area contributed by atoms with Gasteiger partial charge in [0.05, 0.1) is 32.0 Å². The van der Waals surface area contributed by atoms with E-state index in [1.165, 1.54) is 32.1 Å². The molecule has 0 radical (unpaired) electrons. The lowest BCUT2D eigenvalue weighted by atomic mass is 9.78. The van der Waals surface area contributed by atoms with Crippen LogP contribution in [0.1, 0.15) is 106 Å². The first-order chi connectivity index (χ1) is 13.0. The van der Waals surface area contributed by atoms with Crippen molar-refractivity contribution in [1.29, 1.82) is 0 Å². The van der Waals surface area contributed by atoms with E-state index in [-0.39, 0.29) is 5.41 Å². The second kappa shape index (κ2) is 16.8. The highest BCUT2D eigenvalue weighted by atomic mass is 16.5. The van der Waals surface area contributed by atoms with Crippen LogP contribution in [0.4, 0.5) is 0 Å². The fraction of sp³-hybridized carbons (Fsp3) is 1.00. The van der Waals surface area contributed by atoms with Crippen LogP contribution in [0, 0.1) is 11.3 Å². The summed E-state index contributed by atoms with van der Waals surface area (Å²) in [5.41, 5.74) is -0.0348. The van der Waals surface area contributed by atoms with Crippen molar-refractivity contribution in [3.8, 4) is 0 Å². The number of ether oxygens (including phenoxy) is 3. The first-order valence-electron chi connectivity index (χ1n) is 11.8. The van der Waals surface area contributed by atoms with Crippen LogP contribution in [-0.4, -0.2) is 39.1 Å². The Hall–Kier alpha value is -0.120. The van der Waals surface area contributed by atoms with E-state index in [1.54, 1.807) is 0 Å². The van der Waals surface area contributed by atoms with Gasteiger partial charge in [0.15, 0.2) is 0 Å². The van der Waals surface area contributed by atoms with Gasteiger partial charge in [-0.05, 0) is 38.0 Å². The van der Waals surface area contributed by atoms with Crippen LogP contribution in [0.5, 0.6) is 0 Å². The molecule has 0 N–H and O–H groups in total. The van der Waals surface area contributed by atoms with Gasteiger partial charge in [-0.1, -0.05) is 73.6 Å². The number of hydrogen-bond acceptors (Lipinski definition) is 3. The van der Waals surface area contributed by atoms with Crippen molar-refractivity contribution in [1.82, 2.24) is 0 Å². The molecule has 0 fully saturated rings. The lowest BCUT2D eigenvalue weighted by Crippen LogP contribution is -2.41. The second-order valence-corrected chi connectivity index (χ2v) is 8.46. The molecule has 0 bridgehead atoms. The van der Waals surface area contributed by atoms with E-state index >= 15 is 0 Å². The van der Waals surface area contributed by atoms with Crippen LogP contribution in [0.25, 0.3) is 0 Å². The third-order valence-electron chi connectivity index (χ3n) is 5.83. The van der Waals surface area contributed by atoms with Crippen LogP contribution < -0.4 is 0 Å². The monoisotopic (exact) mass is 386 g/mol. The van der Waals surface area contributed by atoms with Crippen LogP contribution in [0.3, 0.4) is 0 Å². The zero-order chi connectivity index (χ0) is 20.5. The average Bonchev–Trinajstić information content (AvgIpc) is 2.68. The van der Waals surface area contributed by atoms with Gasteiger partial charge in [0.25, 0.3) is 0 Å². The van der Waals surface area contributed by atoms with E-state index < -0.39 is 0 Å². The summed E-state index contributed by atoms with van der Waals surface area (Å²) in [5, 5.41) is 0. The van der Waals surface area contributed by atoms with Gasteiger partial charge in [-0.3, -0.25) is 0 Å². The first-order valence-corrected chi connectivity index (χ1v) is 11.8. The van der Waals surface area contributed by atoms with E-state index in [0.29, 0.717) is 12.2 Å². The average molecular weight is 387 g/mol. The SMILES string of the molecule is CCCC(CC)CC(COC)(COC(CC)CCC)COC(CC)CCC. The fourth-order valence-electron chi connectivity index (χ4n) is 4.12. The molecule has 0 rings (SSSR count). The molecule has 0 aromatic carbocycles.